The lowest BCUT2D eigenvalue weighted by atomic mass is 9.91. The average molecular weight is 413 g/mol. The second-order valence-corrected chi connectivity index (χ2v) is 6.44. The molecular weight excluding hydrogens is 386 g/mol. The van der Waals surface area contributed by atoms with Crippen molar-refractivity contribution in [1.29, 1.82) is 5.26 Å². The summed E-state index contributed by atoms with van der Waals surface area (Å²) in [4.78, 5) is 0. The van der Waals surface area contributed by atoms with E-state index in [2.05, 4.69) is 6.07 Å². The Kier molecular flexibility index (Phi) is 8.39. The standard InChI is InChI=1S/C23H27NO6/c1-26-19-7-6-15(10-20(19)27-2)8-18(14-25)17(13-24)9-16-11-21(28-3)23(30-5)22(12-16)29-4/h6-7,9-12,18,25H,8,14H2,1-5H3/b17-9-/t18-/m1/s1. The van der Waals surface area contributed by atoms with E-state index in [1.54, 1.807) is 38.5 Å². The van der Waals surface area contributed by atoms with Crippen molar-refractivity contribution < 1.29 is 28.8 Å². The molecular formula is C23H27NO6. The van der Waals surface area contributed by atoms with Gasteiger partial charge in [0.1, 0.15) is 0 Å². The fourth-order valence-corrected chi connectivity index (χ4v) is 3.17. The minimum atomic E-state index is -0.396. The van der Waals surface area contributed by atoms with Gasteiger partial charge in [0, 0.05) is 11.5 Å². The summed E-state index contributed by atoms with van der Waals surface area (Å²) in [7, 11) is 7.73. The highest BCUT2D eigenvalue weighted by molar-refractivity contribution is 5.65. The van der Waals surface area contributed by atoms with Crippen LogP contribution < -0.4 is 23.7 Å². The van der Waals surface area contributed by atoms with E-state index in [9.17, 15) is 10.4 Å². The molecule has 1 N–H and O–H groups in total. The van der Waals surface area contributed by atoms with Gasteiger partial charge in [-0.3, -0.25) is 0 Å². The van der Waals surface area contributed by atoms with Crippen LogP contribution in [0.15, 0.2) is 35.9 Å². The molecule has 160 valence electrons. The largest absolute Gasteiger partial charge is 0.493 e. The van der Waals surface area contributed by atoms with Crippen LogP contribution in [0.2, 0.25) is 0 Å². The summed E-state index contributed by atoms with van der Waals surface area (Å²) in [6.07, 6.45) is 2.17. The number of nitrogens with zero attached hydrogens (tertiary/aromatic N) is 1. The van der Waals surface area contributed by atoms with Crippen LogP contribution in [-0.2, 0) is 6.42 Å². The van der Waals surface area contributed by atoms with Crippen LogP contribution in [0.5, 0.6) is 28.7 Å². The molecule has 1 atom stereocenters. The number of aliphatic hydroxyl groups excluding tert-OH is 1. The number of hydrogen-bond acceptors (Lipinski definition) is 7. The number of rotatable bonds is 10. The molecule has 0 heterocycles. The van der Waals surface area contributed by atoms with Gasteiger partial charge in [-0.1, -0.05) is 6.07 Å². The number of hydrogen-bond donors (Lipinski definition) is 1. The van der Waals surface area contributed by atoms with Gasteiger partial charge in [0.05, 0.1) is 48.2 Å². The molecule has 7 nitrogen and oxygen atoms in total. The Morgan fingerprint density at radius 1 is 0.900 bits per heavy atom. The lowest BCUT2D eigenvalue weighted by Crippen LogP contribution is -2.12. The van der Waals surface area contributed by atoms with E-state index in [1.165, 1.54) is 21.3 Å². The molecule has 30 heavy (non-hydrogen) atoms. The molecule has 0 aliphatic rings. The number of nitriles is 1. The first kappa shape index (κ1) is 22.9. The minimum absolute atomic E-state index is 0.182. The summed E-state index contributed by atoms with van der Waals surface area (Å²) in [5.41, 5.74) is 2.05. The predicted octanol–water partition coefficient (Wildman–Crippen LogP) is 3.49. The first-order valence-electron chi connectivity index (χ1n) is 9.28. The predicted molar refractivity (Wildman–Crippen MR) is 114 cm³/mol. The molecule has 2 aromatic carbocycles. The summed E-state index contributed by atoms with van der Waals surface area (Å²) in [5, 5.41) is 19.7. The quantitative estimate of drug-likeness (QED) is 0.596. The monoisotopic (exact) mass is 413 g/mol. The van der Waals surface area contributed by atoms with Crippen LogP contribution in [0.1, 0.15) is 11.1 Å². The number of benzene rings is 2. The van der Waals surface area contributed by atoms with Gasteiger partial charge >= 0.3 is 0 Å². The highest BCUT2D eigenvalue weighted by atomic mass is 16.5. The summed E-state index contributed by atoms with van der Waals surface area (Å²) in [5.74, 6) is 2.27. The molecule has 0 bridgehead atoms. The molecule has 0 saturated carbocycles. The highest BCUT2D eigenvalue weighted by Crippen LogP contribution is 2.39. The van der Waals surface area contributed by atoms with Crippen molar-refractivity contribution in [2.45, 2.75) is 6.42 Å². The Morgan fingerprint density at radius 3 is 1.97 bits per heavy atom. The molecule has 0 unspecified atom stereocenters. The Bertz CT molecular complexity index is 907. The molecule has 2 rings (SSSR count). The van der Waals surface area contributed by atoms with Crippen LogP contribution in [-0.4, -0.2) is 47.3 Å². The number of ether oxygens (including phenoxy) is 5. The summed E-state index contributed by atoms with van der Waals surface area (Å²) >= 11 is 0. The van der Waals surface area contributed by atoms with Crippen LogP contribution in [0.25, 0.3) is 6.08 Å². The van der Waals surface area contributed by atoms with Crippen molar-refractivity contribution >= 4 is 6.08 Å². The van der Waals surface area contributed by atoms with Gasteiger partial charge in [0.2, 0.25) is 5.75 Å². The Labute approximate surface area is 177 Å². The normalized spacial score (nSPS) is 12.0. The zero-order valence-corrected chi connectivity index (χ0v) is 17.9. The van der Waals surface area contributed by atoms with Gasteiger partial charge in [-0.2, -0.15) is 5.26 Å². The van der Waals surface area contributed by atoms with Gasteiger partial charge in [-0.05, 0) is 47.9 Å². The maximum atomic E-state index is 9.96. The molecule has 0 aliphatic heterocycles. The van der Waals surface area contributed by atoms with E-state index in [4.69, 9.17) is 23.7 Å². The molecule has 0 amide bonds. The maximum Gasteiger partial charge on any atom is 0.203 e. The van der Waals surface area contributed by atoms with Gasteiger partial charge < -0.3 is 28.8 Å². The van der Waals surface area contributed by atoms with Crippen molar-refractivity contribution in [3.63, 3.8) is 0 Å². The molecule has 0 spiro atoms. The molecule has 0 aliphatic carbocycles. The van der Waals surface area contributed by atoms with Gasteiger partial charge in [0.15, 0.2) is 23.0 Å². The van der Waals surface area contributed by atoms with Crippen LogP contribution in [0.3, 0.4) is 0 Å². The molecule has 0 fully saturated rings. The number of methoxy groups -OCH3 is 5. The second kappa shape index (κ2) is 11.0. The molecule has 2 aromatic rings. The third-order valence-electron chi connectivity index (χ3n) is 4.73. The second-order valence-electron chi connectivity index (χ2n) is 6.44. The summed E-state index contributed by atoms with van der Waals surface area (Å²) in [6, 6.07) is 11.2. The molecule has 0 saturated heterocycles. The van der Waals surface area contributed by atoms with Crippen LogP contribution in [0.4, 0.5) is 0 Å². The van der Waals surface area contributed by atoms with Crippen molar-refractivity contribution in [2.75, 3.05) is 42.2 Å². The van der Waals surface area contributed by atoms with E-state index in [0.717, 1.165) is 5.56 Å². The van der Waals surface area contributed by atoms with E-state index in [1.807, 2.05) is 12.1 Å². The zero-order valence-electron chi connectivity index (χ0n) is 17.9. The Balaban J connectivity index is 2.39. The van der Waals surface area contributed by atoms with Crippen LogP contribution >= 0.6 is 0 Å². The van der Waals surface area contributed by atoms with Crippen molar-refractivity contribution in [2.24, 2.45) is 5.92 Å². The molecule has 0 aromatic heterocycles. The molecule has 7 heteroatoms. The van der Waals surface area contributed by atoms with Crippen molar-refractivity contribution in [1.82, 2.24) is 0 Å². The Hall–Kier alpha value is -3.37. The first-order chi connectivity index (χ1) is 14.5. The smallest absolute Gasteiger partial charge is 0.203 e. The third-order valence-corrected chi connectivity index (χ3v) is 4.73. The maximum absolute atomic E-state index is 9.96. The lowest BCUT2D eigenvalue weighted by Gasteiger charge is -2.16. The topological polar surface area (TPSA) is 90.2 Å². The number of aliphatic hydroxyl groups is 1. The van der Waals surface area contributed by atoms with E-state index < -0.39 is 5.92 Å². The third kappa shape index (κ3) is 5.16. The fourth-order valence-electron chi connectivity index (χ4n) is 3.17. The summed E-state index contributed by atoms with van der Waals surface area (Å²) < 4.78 is 26.7. The van der Waals surface area contributed by atoms with Crippen molar-refractivity contribution in [3.05, 3.63) is 47.0 Å². The Morgan fingerprint density at radius 2 is 1.50 bits per heavy atom. The van der Waals surface area contributed by atoms with Gasteiger partial charge in [-0.25, -0.2) is 0 Å². The first-order valence-corrected chi connectivity index (χ1v) is 9.28. The minimum Gasteiger partial charge on any atom is -0.493 e. The van der Waals surface area contributed by atoms with Gasteiger partial charge in [0.25, 0.3) is 0 Å². The SMILES string of the molecule is COc1ccc(C[C@H](CO)/C(C#N)=C\c2cc(OC)c(OC)c(OC)c2)cc1OC. The van der Waals surface area contributed by atoms with Gasteiger partial charge in [-0.15, -0.1) is 0 Å². The van der Waals surface area contributed by atoms with E-state index >= 15 is 0 Å². The fraction of sp³-hybridized carbons (Fsp3) is 0.348. The molecule has 0 radical (unpaired) electrons. The van der Waals surface area contributed by atoms with E-state index in [0.29, 0.717) is 46.3 Å². The van der Waals surface area contributed by atoms with E-state index in [-0.39, 0.29) is 6.61 Å². The zero-order chi connectivity index (χ0) is 22.1. The highest BCUT2D eigenvalue weighted by Gasteiger charge is 2.18. The lowest BCUT2D eigenvalue weighted by molar-refractivity contribution is 0.248. The average Bonchev–Trinajstić information content (AvgIpc) is 2.79. The van der Waals surface area contributed by atoms with Crippen molar-refractivity contribution in [3.8, 4) is 34.8 Å². The summed E-state index contributed by atoms with van der Waals surface area (Å²) in [6.45, 7) is -0.182. The van der Waals surface area contributed by atoms with Crippen LogP contribution in [0, 0.1) is 17.2 Å².